The normalized spacial score (nSPS) is 11.3. The molecule has 1 N–H and O–H groups in total. The first kappa shape index (κ1) is 23.1. The quantitative estimate of drug-likeness (QED) is 0.512. The van der Waals surface area contributed by atoms with Crippen molar-refractivity contribution in [2.45, 2.75) is 46.8 Å². The zero-order chi connectivity index (χ0) is 23.3. The largest absolute Gasteiger partial charge is 0.490 e. The van der Waals surface area contributed by atoms with Gasteiger partial charge in [0.05, 0.1) is 18.9 Å². The fraction of sp³-hybridized carbons (Fsp3) is 0.375. The molecule has 32 heavy (non-hydrogen) atoms. The van der Waals surface area contributed by atoms with Crippen LogP contribution in [0.5, 0.6) is 11.5 Å². The predicted octanol–water partition coefficient (Wildman–Crippen LogP) is 3.69. The highest BCUT2D eigenvalue weighted by atomic mass is 16.6. The van der Waals surface area contributed by atoms with Crippen LogP contribution in [0, 0.1) is 6.92 Å². The standard InChI is InChI=1S/C24H29N3O5/c1-6-30-19-12-9-13-27-20(16(3)26-21(19)27)22(28)25-15-17-10-8-11-18(14-17)32-24(4,5)23(29)31-7-2/h8-14H,6-7,15H2,1-5H3,(H,25,28). The Morgan fingerprint density at radius 1 is 1.12 bits per heavy atom. The minimum atomic E-state index is -1.12. The van der Waals surface area contributed by atoms with Gasteiger partial charge in [-0.05, 0) is 64.4 Å². The van der Waals surface area contributed by atoms with Crippen LogP contribution in [0.3, 0.4) is 0 Å². The van der Waals surface area contributed by atoms with E-state index in [2.05, 4.69) is 10.3 Å². The number of imidazole rings is 1. The number of ether oxygens (including phenoxy) is 3. The number of fused-ring (bicyclic) bond motifs is 1. The van der Waals surface area contributed by atoms with E-state index in [1.165, 1.54) is 0 Å². The number of aromatic nitrogens is 2. The topological polar surface area (TPSA) is 91.2 Å². The Balaban J connectivity index is 1.73. The molecule has 3 rings (SSSR count). The third kappa shape index (κ3) is 5.01. The van der Waals surface area contributed by atoms with Crippen LogP contribution in [0.1, 0.15) is 49.4 Å². The van der Waals surface area contributed by atoms with Gasteiger partial charge >= 0.3 is 5.97 Å². The van der Waals surface area contributed by atoms with Crippen molar-refractivity contribution in [3.63, 3.8) is 0 Å². The smallest absolute Gasteiger partial charge is 0.349 e. The van der Waals surface area contributed by atoms with E-state index in [0.29, 0.717) is 35.1 Å². The van der Waals surface area contributed by atoms with E-state index in [0.717, 1.165) is 5.56 Å². The van der Waals surface area contributed by atoms with Crippen molar-refractivity contribution >= 4 is 17.5 Å². The van der Waals surface area contributed by atoms with Crippen LogP contribution in [-0.4, -0.2) is 40.1 Å². The van der Waals surface area contributed by atoms with Crippen LogP contribution in [0.15, 0.2) is 42.6 Å². The van der Waals surface area contributed by atoms with Gasteiger partial charge < -0.3 is 19.5 Å². The maximum Gasteiger partial charge on any atom is 0.349 e. The number of hydrogen-bond donors (Lipinski definition) is 1. The molecule has 1 amide bonds. The van der Waals surface area contributed by atoms with Crippen LogP contribution >= 0.6 is 0 Å². The van der Waals surface area contributed by atoms with Crippen LogP contribution in [0.25, 0.3) is 5.65 Å². The molecule has 2 aromatic heterocycles. The molecule has 0 unspecified atom stereocenters. The van der Waals surface area contributed by atoms with Crippen LogP contribution < -0.4 is 14.8 Å². The molecule has 0 saturated carbocycles. The van der Waals surface area contributed by atoms with E-state index >= 15 is 0 Å². The van der Waals surface area contributed by atoms with Gasteiger partial charge in [0.1, 0.15) is 11.4 Å². The van der Waals surface area contributed by atoms with Gasteiger partial charge in [0.15, 0.2) is 17.0 Å². The maximum absolute atomic E-state index is 13.0. The number of aryl methyl sites for hydroxylation is 1. The van der Waals surface area contributed by atoms with Gasteiger partial charge in [-0.25, -0.2) is 9.78 Å². The molecule has 0 saturated heterocycles. The van der Waals surface area contributed by atoms with Crippen molar-refractivity contribution in [1.82, 2.24) is 14.7 Å². The van der Waals surface area contributed by atoms with Crippen molar-refractivity contribution < 1.29 is 23.8 Å². The Morgan fingerprint density at radius 2 is 1.91 bits per heavy atom. The highest BCUT2D eigenvalue weighted by Crippen LogP contribution is 2.23. The molecule has 0 aliphatic rings. The third-order valence-corrected chi connectivity index (χ3v) is 4.79. The molecule has 3 aromatic rings. The van der Waals surface area contributed by atoms with E-state index in [1.54, 1.807) is 50.4 Å². The lowest BCUT2D eigenvalue weighted by molar-refractivity contribution is -0.158. The van der Waals surface area contributed by atoms with Gasteiger partial charge in [0.25, 0.3) is 5.91 Å². The van der Waals surface area contributed by atoms with Gasteiger partial charge in [0.2, 0.25) is 0 Å². The molecule has 1 aromatic carbocycles. The molecular weight excluding hydrogens is 410 g/mol. The fourth-order valence-corrected chi connectivity index (χ4v) is 3.32. The number of rotatable bonds is 9. The van der Waals surface area contributed by atoms with Gasteiger partial charge in [-0.1, -0.05) is 12.1 Å². The Bertz CT molecular complexity index is 1120. The van der Waals surface area contributed by atoms with Crippen molar-refractivity contribution in [2.24, 2.45) is 0 Å². The van der Waals surface area contributed by atoms with Gasteiger partial charge in [-0.3, -0.25) is 9.20 Å². The average molecular weight is 440 g/mol. The van der Waals surface area contributed by atoms with E-state index in [1.807, 2.05) is 31.2 Å². The summed E-state index contributed by atoms with van der Waals surface area (Å²) in [6.45, 7) is 9.84. The van der Waals surface area contributed by atoms with Crippen LogP contribution in [0.4, 0.5) is 0 Å². The van der Waals surface area contributed by atoms with Crippen molar-refractivity contribution in [3.05, 3.63) is 59.5 Å². The van der Waals surface area contributed by atoms with Gasteiger partial charge in [-0.15, -0.1) is 0 Å². The number of nitrogens with one attached hydrogen (secondary N) is 1. The Kier molecular flexibility index (Phi) is 7.02. The number of hydrogen-bond acceptors (Lipinski definition) is 6. The van der Waals surface area contributed by atoms with Gasteiger partial charge in [-0.2, -0.15) is 0 Å². The monoisotopic (exact) mass is 439 g/mol. The molecule has 0 atom stereocenters. The number of nitrogens with zero attached hydrogens (tertiary/aromatic N) is 2. The number of esters is 1. The Morgan fingerprint density at radius 3 is 2.62 bits per heavy atom. The summed E-state index contributed by atoms with van der Waals surface area (Å²) in [5.74, 6) is 0.461. The van der Waals surface area contributed by atoms with Crippen molar-refractivity contribution in [3.8, 4) is 11.5 Å². The molecule has 0 bridgehead atoms. The molecular formula is C24H29N3O5. The summed E-state index contributed by atoms with van der Waals surface area (Å²) < 4.78 is 18.2. The third-order valence-electron chi connectivity index (χ3n) is 4.79. The lowest BCUT2D eigenvalue weighted by atomic mass is 10.1. The Labute approximate surface area is 187 Å². The molecule has 170 valence electrons. The molecule has 0 radical (unpaired) electrons. The summed E-state index contributed by atoms with van der Waals surface area (Å²) in [7, 11) is 0. The number of pyridine rings is 1. The minimum absolute atomic E-state index is 0.248. The second kappa shape index (κ2) is 9.72. The summed E-state index contributed by atoms with van der Waals surface area (Å²) in [6, 6.07) is 10.9. The molecule has 8 nitrogen and oxygen atoms in total. The second-order valence-corrected chi connectivity index (χ2v) is 7.71. The lowest BCUT2D eigenvalue weighted by Gasteiger charge is -2.24. The number of benzene rings is 1. The number of carbonyl (C=O) groups is 2. The number of carbonyl (C=O) groups excluding carboxylic acids is 2. The Hall–Kier alpha value is -3.55. The first-order chi connectivity index (χ1) is 15.3. The first-order valence-electron chi connectivity index (χ1n) is 10.6. The zero-order valence-corrected chi connectivity index (χ0v) is 19.1. The highest BCUT2D eigenvalue weighted by molar-refractivity contribution is 5.95. The number of amides is 1. The van der Waals surface area contributed by atoms with E-state index in [4.69, 9.17) is 14.2 Å². The predicted molar refractivity (Wildman–Crippen MR) is 120 cm³/mol. The molecule has 8 heteroatoms. The van der Waals surface area contributed by atoms with Crippen molar-refractivity contribution in [1.29, 1.82) is 0 Å². The molecule has 0 spiro atoms. The average Bonchev–Trinajstić information content (AvgIpc) is 3.09. The molecule has 0 aliphatic heterocycles. The zero-order valence-electron chi connectivity index (χ0n) is 19.1. The summed E-state index contributed by atoms with van der Waals surface area (Å²) in [5.41, 5.74) is 1.38. The van der Waals surface area contributed by atoms with Crippen LogP contribution in [0.2, 0.25) is 0 Å². The van der Waals surface area contributed by atoms with E-state index < -0.39 is 11.6 Å². The summed E-state index contributed by atoms with van der Waals surface area (Å²) in [4.78, 5) is 29.5. The summed E-state index contributed by atoms with van der Waals surface area (Å²) >= 11 is 0. The maximum atomic E-state index is 13.0. The molecule has 2 heterocycles. The molecule has 0 fully saturated rings. The first-order valence-corrected chi connectivity index (χ1v) is 10.6. The van der Waals surface area contributed by atoms with Crippen molar-refractivity contribution in [2.75, 3.05) is 13.2 Å². The molecule has 0 aliphatic carbocycles. The minimum Gasteiger partial charge on any atom is -0.490 e. The second-order valence-electron chi connectivity index (χ2n) is 7.71. The summed E-state index contributed by atoms with van der Waals surface area (Å²) in [5, 5.41) is 2.93. The van der Waals surface area contributed by atoms with E-state index in [9.17, 15) is 9.59 Å². The SMILES string of the molecule is CCOC(=O)C(C)(C)Oc1cccc(CNC(=O)c2c(C)nc3c(OCC)cccn23)c1. The summed E-state index contributed by atoms with van der Waals surface area (Å²) in [6.07, 6.45) is 1.79. The fourth-order valence-electron chi connectivity index (χ4n) is 3.32. The van der Waals surface area contributed by atoms with Crippen LogP contribution in [-0.2, 0) is 16.1 Å². The lowest BCUT2D eigenvalue weighted by Crippen LogP contribution is -2.39. The van der Waals surface area contributed by atoms with Gasteiger partial charge in [0, 0.05) is 12.7 Å². The van der Waals surface area contributed by atoms with E-state index in [-0.39, 0.29) is 19.1 Å². The highest BCUT2D eigenvalue weighted by Gasteiger charge is 2.31.